The van der Waals surface area contributed by atoms with E-state index in [2.05, 4.69) is 15.2 Å². The average Bonchev–Trinajstić information content (AvgIpc) is 2.85. The summed E-state index contributed by atoms with van der Waals surface area (Å²) in [6.45, 7) is 8.05. The van der Waals surface area contributed by atoms with Crippen molar-refractivity contribution >= 4 is 5.91 Å². The van der Waals surface area contributed by atoms with E-state index in [-0.39, 0.29) is 11.9 Å². The molecular weight excluding hydrogens is 278 g/mol. The third kappa shape index (κ3) is 2.76. The lowest BCUT2D eigenvalue weighted by Gasteiger charge is -2.32. The summed E-state index contributed by atoms with van der Waals surface area (Å²) in [6, 6.07) is 7.92. The van der Waals surface area contributed by atoms with Crippen LogP contribution in [0.1, 0.15) is 23.9 Å². The second kappa shape index (κ2) is 5.93. The molecule has 1 aromatic heterocycles. The Morgan fingerprint density at radius 2 is 2.14 bits per heavy atom. The van der Waals surface area contributed by atoms with Gasteiger partial charge in [-0.3, -0.25) is 9.69 Å². The molecule has 1 saturated heterocycles. The fourth-order valence-corrected chi connectivity index (χ4v) is 2.74. The number of nitrogens with one attached hydrogen (secondary N) is 1. The number of piperazine rings is 1. The van der Waals surface area contributed by atoms with Gasteiger partial charge in [0.05, 0.1) is 11.7 Å². The van der Waals surface area contributed by atoms with Gasteiger partial charge < -0.3 is 9.73 Å². The zero-order valence-electron chi connectivity index (χ0n) is 13.2. The van der Waals surface area contributed by atoms with Crippen molar-refractivity contribution in [2.45, 2.75) is 33.4 Å². The molecule has 2 aromatic rings. The molecule has 0 aliphatic carbocycles. The van der Waals surface area contributed by atoms with E-state index in [1.807, 2.05) is 45.0 Å². The number of benzene rings is 1. The molecule has 5 heteroatoms. The number of carbonyl (C=O) groups is 1. The summed E-state index contributed by atoms with van der Waals surface area (Å²) in [5.41, 5.74) is 3.06. The highest BCUT2D eigenvalue weighted by Crippen LogP contribution is 2.25. The van der Waals surface area contributed by atoms with E-state index >= 15 is 0 Å². The molecule has 2 heterocycles. The number of oxazole rings is 1. The first-order chi connectivity index (χ1) is 10.6. The quantitative estimate of drug-likeness (QED) is 0.944. The number of amides is 1. The first-order valence-electron chi connectivity index (χ1n) is 7.60. The van der Waals surface area contributed by atoms with Crippen molar-refractivity contribution in [3.8, 4) is 11.5 Å². The largest absolute Gasteiger partial charge is 0.441 e. The van der Waals surface area contributed by atoms with Crippen molar-refractivity contribution in [1.29, 1.82) is 0 Å². The topological polar surface area (TPSA) is 58.4 Å². The number of rotatable bonds is 3. The fraction of sp³-hybridized carbons (Fsp3) is 0.412. The minimum Gasteiger partial charge on any atom is -0.441 e. The van der Waals surface area contributed by atoms with Gasteiger partial charge in [-0.25, -0.2) is 4.98 Å². The van der Waals surface area contributed by atoms with Gasteiger partial charge >= 0.3 is 0 Å². The molecule has 1 unspecified atom stereocenters. The van der Waals surface area contributed by atoms with Crippen LogP contribution in [0.2, 0.25) is 0 Å². The molecule has 5 nitrogen and oxygen atoms in total. The fourth-order valence-electron chi connectivity index (χ4n) is 2.74. The predicted octanol–water partition coefficient (Wildman–Crippen LogP) is 2.28. The Bertz CT molecular complexity index is 693. The van der Waals surface area contributed by atoms with Crippen molar-refractivity contribution in [3.05, 3.63) is 41.3 Å². The maximum Gasteiger partial charge on any atom is 0.237 e. The van der Waals surface area contributed by atoms with Crippen LogP contribution in [0.15, 0.2) is 28.7 Å². The van der Waals surface area contributed by atoms with E-state index < -0.39 is 0 Å². The highest BCUT2D eigenvalue weighted by Gasteiger charge is 2.27. The lowest BCUT2D eigenvalue weighted by molar-refractivity contribution is -0.128. The van der Waals surface area contributed by atoms with Crippen molar-refractivity contribution in [2.75, 3.05) is 13.1 Å². The summed E-state index contributed by atoms with van der Waals surface area (Å²) < 4.78 is 5.85. The van der Waals surface area contributed by atoms with Crippen LogP contribution >= 0.6 is 0 Å². The van der Waals surface area contributed by atoms with E-state index in [1.54, 1.807) is 0 Å². The smallest absolute Gasteiger partial charge is 0.237 e. The minimum atomic E-state index is -0.133. The number of hydrogen-bond donors (Lipinski definition) is 1. The normalized spacial score (nSPS) is 19.2. The standard InChI is InChI=1S/C17H21N3O2/c1-11-6-4-5-7-14(11)17-19-15(13(3)22-17)10-20-9-8-18-16(21)12(20)2/h4-7,12H,8-10H2,1-3H3,(H,18,21). The van der Waals surface area contributed by atoms with E-state index in [4.69, 9.17) is 4.42 Å². The SMILES string of the molecule is Cc1ccccc1-c1nc(CN2CCNC(=O)C2C)c(C)o1. The molecular formula is C17H21N3O2. The number of carbonyl (C=O) groups excluding carboxylic acids is 1. The van der Waals surface area contributed by atoms with Crippen LogP contribution in [-0.4, -0.2) is 34.9 Å². The third-order valence-corrected chi connectivity index (χ3v) is 4.25. The Kier molecular flexibility index (Phi) is 3.98. The zero-order chi connectivity index (χ0) is 15.7. The molecule has 1 fully saturated rings. The maximum absolute atomic E-state index is 11.8. The summed E-state index contributed by atoms with van der Waals surface area (Å²) in [7, 11) is 0. The van der Waals surface area contributed by atoms with Gasteiger partial charge in [0.25, 0.3) is 0 Å². The minimum absolute atomic E-state index is 0.0755. The third-order valence-electron chi connectivity index (χ3n) is 4.25. The second-order valence-electron chi connectivity index (χ2n) is 5.77. The van der Waals surface area contributed by atoms with E-state index in [0.717, 1.165) is 29.1 Å². The van der Waals surface area contributed by atoms with E-state index in [1.165, 1.54) is 0 Å². The second-order valence-corrected chi connectivity index (χ2v) is 5.77. The van der Waals surface area contributed by atoms with Crippen molar-refractivity contribution in [3.63, 3.8) is 0 Å². The lowest BCUT2D eigenvalue weighted by atomic mass is 10.1. The Morgan fingerprint density at radius 3 is 2.91 bits per heavy atom. The Balaban J connectivity index is 1.84. The Morgan fingerprint density at radius 1 is 1.36 bits per heavy atom. The van der Waals surface area contributed by atoms with Gasteiger partial charge in [-0.15, -0.1) is 0 Å². The van der Waals surface area contributed by atoms with Gasteiger partial charge in [0.1, 0.15) is 5.76 Å². The van der Waals surface area contributed by atoms with Crippen molar-refractivity contribution in [1.82, 2.24) is 15.2 Å². The van der Waals surface area contributed by atoms with E-state index in [0.29, 0.717) is 19.0 Å². The first kappa shape index (κ1) is 14.8. The highest BCUT2D eigenvalue weighted by molar-refractivity contribution is 5.81. The highest BCUT2D eigenvalue weighted by atomic mass is 16.4. The van der Waals surface area contributed by atoms with Crippen molar-refractivity contribution in [2.24, 2.45) is 0 Å². The summed E-state index contributed by atoms with van der Waals surface area (Å²) in [6.07, 6.45) is 0. The van der Waals surface area contributed by atoms with Crippen LogP contribution in [0.3, 0.4) is 0 Å². The molecule has 1 aromatic carbocycles. The molecule has 1 atom stereocenters. The van der Waals surface area contributed by atoms with E-state index in [9.17, 15) is 4.79 Å². The monoisotopic (exact) mass is 299 g/mol. The Labute approximate surface area is 130 Å². The molecule has 116 valence electrons. The number of nitrogens with zero attached hydrogens (tertiary/aromatic N) is 2. The van der Waals surface area contributed by atoms with Crippen LogP contribution < -0.4 is 5.32 Å². The maximum atomic E-state index is 11.8. The number of aryl methyl sites for hydroxylation is 2. The molecule has 0 saturated carbocycles. The molecule has 0 bridgehead atoms. The molecule has 3 rings (SSSR count). The molecule has 1 aliphatic rings. The average molecular weight is 299 g/mol. The van der Waals surface area contributed by atoms with Gasteiger partial charge in [0.15, 0.2) is 0 Å². The molecule has 1 N–H and O–H groups in total. The van der Waals surface area contributed by atoms with Crippen LogP contribution in [-0.2, 0) is 11.3 Å². The zero-order valence-corrected chi connectivity index (χ0v) is 13.2. The summed E-state index contributed by atoms with van der Waals surface area (Å²) in [4.78, 5) is 18.5. The molecule has 1 aliphatic heterocycles. The first-order valence-corrected chi connectivity index (χ1v) is 7.60. The predicted molar refractivity (Wildman–Crippen MR) is 84.3 cm³/mol. The molecule has 22 heavy (non-hydrogen) atoms. The molecule has 0 radical (unpaired) electrons. The van der Waals surface area contributed by atoms with Crippen molar-refractivity contribution < 1.29 is 9.21 Å². The van der Waals surface area contributed by atoms with Gasteiger partial charge in [-0.2, -0.15) is 0 Å². The Hall–Kier alpha value is -2.14. The summed E-state index contributed by atoms with van der Waals surface area (Å²) in [5, 5.41) is 2.88. The number of hydrogen-bond acceptors (Lipinski definition) is 4. The lowest BCUT2D eigenvalue weighted by Crippen LogP contribution is -2.53. The van der Waals surface area contributed by atoms with Gasteiger partial charge in [0.2, 0.25) is 11.8 Å². The summed E-state index contributed by atoms with van der Waals surface area (Å²) in [5.74, 6) is 1.54. The summed E-state index contributed by atoms with van der Waals surface area (Å²) >= 11 is 0. The van der Waals surface area contributed by atoms with Crippen LogP contribution in [0, 0.1) is 13.8 Å². The molecule has 1 amide bonds. The molecule has 0 spiro atoms. The van der Waals surface area contributed by atoms with Gasteiger partial charge in [-0.1, -0.05) is 18.2 Å². The number of aromatic nitrogens is 1. The van der Waals surface area contributed by atoms with Crippen LogP contribution in [0.5, 0.6) is 0 Å². The van der Waals surface area contributed by atoms with Gasteiger partial charge in [0, 0.05) is 25.2 Å². The van der Waals surface area contributed by atoms with Gasteiger partial charge in [-0.05, 0) is 32.4 Å². The van der Waals surface area contributed by atoms with Crippen LogP contribution in [0.25, 0.3) is 11.5 Å². The van der Waals surface area contributed by atoms with Crippen LogP contribution in [0.4, 0.5) is 0 Å².